The van der Waals surface area contributed by atoms with Crippen LogP contribution in [0, 0.1) is 5.92 Å². The summed E-state index contributed by atoms with van der Waals surface area (Å²) in [6, 6.07) is 5.36. The molecule has 118 valence electrons. The third kappa shape index (κ3) is 6.55. The molecule has 0 spiro atoms. The fourth-order valence-corrected chi connectivity index (χ4v) is 2.16. The lowest BCUT2D eigenvalue weighted by Gasteiger charge is -2.21. The van der Waals surface area contributed by atoms with Gasteiger partial charge in [-0.05, 0) is 38.8 Å². The first kappa shape index (κ1) is 18.1. The van der Waals surface area contributed by atoms with Gasteiger partial charge in [0.15, 0.2) is 0 Å². The Morgan fingerprint density at radius 1 is 1.38 bits per heavy atom. The van der Waals surface area contributed by atoms with Crippen LogP contribution < -0.4 is 5.32 Å². The van der Waals surface area contributed by atoms with Gasteiger partial charge >= 0.3 is 6.09 Å². The molecule has 0 bridgehead atoms. The molecule has 0 aliphatic carbocycles. The monoisotopic (exact) mass is 333 g/mol. The third-order valence-corrected chi connectivity index (χ3v) is 3.59. The highest BCUT2D eigenvalue weighted by Gasteiger charge is 2.18. The fraction of sp³-hybridized carbons (Fsp3) is 0.533. The molecule has 1 rings (SSSR count). The summed E-state index contributed by atoms with van der Waals surface area (Å²) in [5.74, 6) is -0.159. The molecule has 0 radical (unpaired) electrons. The van der Waals surface area contributed by atoms with Gasteiger partial charge in [-0.25, -0.2) is 4.79 Å². The maximum absolute atomic E-state index is 11.6. The van der Waals surface area contributed by atoms with E-state index in [9.17, 15) is 9.90 Å². The van der Waals surface area contributed by atoms with E-state index in [2.05, 4.69) is 5.32 Å². The van der Waals surface area contributed by atoms with Crippen molar-refractivity contribution >= 4 is 29.3 Å². The summed E-state index contributed by atoms with van der Waals surface area (Å²) < 4.78 is 5.15. The lowest BCUT2D eigenvalue weighted by Crippen LogP contribution is -2.36. The van der Waals surface area contributed by atoms with Crippen molar-refractivity contribution in [1.29, 1.82) is 0 Å². The number of carbonyl (C=O) groups excluding carboxylic acids is 1. The molecule has 2 N–H and O–H groups in total. The molecule has 0 aliphatic heterocycles. The van der Waals surface area contributed by atoms with Crippen LogP contribution in [0.2, 0.25) is 10.0 Å². The molecule has 4 nitrogen and oxygen atoms in total. The van der Waals surface area contributed by atoms with Crippen molar-refractivity contribution in [2.24, 2.45) is 5.92 Å². The molecule has 1 aromatic rings. The van der Waals surface area contributed by atoms with Crippen molar-refractivity contribution in [3.63, 3.8) is 0 Å². The van der Waals surface area contributed by atoms with E-state index in [1.165, 1.54) is 0 Å². The van der Waals surface area contributed by atoms with Gasteiger partial charge < -0.3 is 15.2 Å². The van der Waals surface area contributed by atoms with E-state index in [4.69, 9.17) is 27.9 Å². The van der Waals surface area contributed by atoms with E-state index in [1.807, 2.05) is 6.07 Å². The van der Waals surface area contributed by atoms with E-state index < -0.39 is 11.7 Å². The zero-order valence-electron chi connectivity index (χ0n) is 12.5. The maximum atomic E-state index is 11.6. The van der Waals surface area contributed by atoms with E-state index in [0.29, 0.717) is 23.0 Å². The molecule has 0 saturated heterocycles. The van der Waals surface area contributed by atoms with Crippen LogP contribution in [0.4, 0.5) is 4.79 Å². The predicted octanol–water partition coefficient (Wildman–Crippen LogP) is 3.67. The summed E-state index contributed by atoms with van der Waals surface area (Å²) in [6.07, 6.45) is 0.0178. The van der Waals surface area contributed by atoms with Crippen molar-refractivity contribution in [3.8, 4) is 0 Å². The molecule has 21 heavy (non-hydrogen) atoms. The molecule has 1 aromatic carbocycles. The molecule has 0 heterocycles. The second kappa shape index (κ2) is 7.87. The molecular formula is C15H21Cl2NO3. The lowest BCUT2D eigenvalue weighted by atomic mass is 10.00. The van der Waals surface area contributed by atoms with Crippen LogP contribution in [0.15, 0.2) is 18.2 Å². The second-order valence-corrected chi connectivity index (χ2v) is 6.63. The topological polar surface area (TPSA) is 58.6 Å². The van der Waals surface area contributed by atoms with Gasteiger partial charge in [0, 0.05) is 19.1 Å². The Bertz CT molecular complexity index is 486. The number of aliphatic hydroxyl groups excluding tert-OH is 1. The van der Waals surface area contributed by atoms with Crippen molar-refractivity contribution in [2.75, 3.05) is 13.2 Å². The average Bonchev–Trinajstić information content (AvgIpc) is 2.37. The highest BCUT2D eigenvalue weighted by atomic mass is 35.5. The van der Waals surface area contributed by atoms with Crippen LogP contribution in [0.3, 0.4) is 0 Å². The Kier molecular flexibility index (Phi) is 6.78. The van der Waals surface area contributed by atoms with E-state index >= 15 is 0 Å². The number of hydrogen-bond acceptors (Lipinski definition) is 3. The lowest BCUT2D eigenvalue weighted by molar-refractivity contribution is 0.0512. The van der Waals surface area contributed by atoms with Gasteiger partial charge in [-0.15, -0.1) is 0 Å². The van der Waals surface area contributed by atoms with Crippen molar-refractivity contribution in [3.05, 3.63) is 33.8 Å². The Morgan fingerprint density at radius 2 is 2.05 bits per heavy atom. The van der Waals surface area contributed by atoms with Crippen LogP contribution >= 0.6 is 23.2 Å². The Morgan fingerprint density at radius 3 is 2.62 bits per heavy atom. The minimum Gasteiger partial charge on any atom is -0.444 e. The maximum Gasteiger partial charge on any atom is 0.407 e. The van der Waals surface area contributed by atoms with Gasteiger partial charge in [-0.2, -0.15) is 0 Å². The Labute approximate surface area is 135 Å². The first-order chi connectivity index (χ1) is 9.73. The summed E-state index contributed by atoms with van der Waals surface area (Å²) in [5, 5.41) is 13.0. The van der Waals surface area contributed by atoms with E-state index in [1.54, 1.807) is 32.9 Å². The molecule has 1 amide bonds. The van der Waals surface area contributed by atoms with Crippen LogP contribution in [0.1, 0.15) is 26.3 Å². The molecule has 0 aromatic heterocycles. The molecule has 1 unspecified atom stereocenters. The average molecular weight is 334 g/mol. The van der Waals surface area contributed by atoms with E-state index in [-0.39, 0.29) is 12.5 Å². The molecule has 1 atom stereocenters. The Hall–Kier alpha value is -0.970. The number of alkyl carbamates (subject to hydrolysis) is 1. The van der Waals surface area contributed by atoms with Gasteiger partial charge in [0.25, 0.3) is 0 Å². The first-order valence-corrected chi connectivity index (χ1v) is 7.49. The van der Waals surface area contributed by atoms with Crippen LogP contribution in [-0.4, -0.2) is 30.0 Å². The molecule has 0 fully saturated rings. The predicted molar refractivity (Wildman–Crippen MR) is 85.0 cm³/mol. The van der Waals surface area contributed by atoms with Crippen molar-refractivity contribution < 1.29 is 14.6 Å². The standard InChI is InChI=1S/C15H21Cl2NO3/c1-15(2,3)21-14(20)18-8-10(9-19)7-11-5-4-6-12(16)13(11)17/h4-6,10,19H,7-9H2,1-3H3,(H,18,20). The van der Waals surface area contributed by atoms with Gasteiger partial charge in [-0.1, -0.05) is 35.3 Å². The van der Waals surface area contributed by atoms with E-state index in [0.717, 1.165) is 5.56 Å². The quantitative estimate of drug-likeness (QED) is 0.864. The van der Waals surface area contributed by atoms with Gasteiger partial charge in [-0.3, -0.25) is 0 Å². The molecule has 6 heteroatoms. The smallest absolute Gasteiger partial charge is 0.407 e. The number of rotatable bonds is 5. The Balaban J connectivity index is 2.56. The number of halogens is 2. The number of amides is 1. The number of aliphatic hydroxyl groups is 1. The largest absolute Gasteiger partial charge is 0.444 e. The normalized spacial score (nSPS) is 12.9. The number of hydrogen-bond donors (Lipinski definition) is 2. The summed E-state index contributed by atoms with van der Waals surface area (Å²) in [6.45, 7) is 5.61. The summed E-state index contributed by atoms with van der Waals surface area (Å²) >= 11 is 12.1. The highest BCUT2D eigenvalue weighted by Crippen LogP contribution is 2.27. The fourth-order valence-electron chi connectivity index (χ4n) is 1.76. The third-order valence-electron chi connectivity index (χ3n) is 2.73. The SMILES string of the molecule is CC(C)(C)OC(=O)NCC(CO)Cc1cccc(Cl)c1Cl. The number of benzene rings is 1. The van der Waals surface area contributed by atoms with Crippen molar-refractivity contribution in [2.45, 2.75) is 32.8 Å². The zero-order chi connectivity index (χ0) is 16.0. The number of nitrogens with one attached hydrogen (secondary N) is 1. The minimum atomic E-state index is -0.547. The first-order valence-electron chi connectivity index (χ1n) is 6.73. The highest BCUT2D eigenvalue weighted by molar-refractivity contribution is 6.42. The summed E-state index contributed by atoms with van der Waals surface area (Å²) in [7, 11) is 0. The van der Waals surface area contributed by atoms with Crippen LogP contribution in [0.25, 0.3) is 0 Å². The van der Waals surface area contributed by atoms with Gasteiger partial charge in [0.2, 0.25) is 0 Å². The summed E-state index contributed by atoms with van der Waals surface area (Å²) in [4.78, 5) is 11.6. The van der Waals surface area contributed by atoms with Crippen molar-refractivity contribution in [1.82, 2.24) is 5.32 Å². The van der Waals surface area contributed by atoms with Gasteiger partial charge in [0.05, 0.1) is 10.0 Å². The van der Waals surface area contributed by atoms with Crippen LogP contribution in [-0.2, 0) is 11.2 Å². The molecular weight excluding hydrogens is 313 g/mol. The number of ether oxygens (including phenoxy) is 1. The zero-order valence-corrected chi connectivity index (χ0v) is 14.0. The molecule has 0 aliphatic rings. The summed E-state index contributed by atoms with van der Waals surface area (Å²) in [5.41, 5.74) is 0.295. The second-order valence-electron chi connectivity index (χ2n) is 5.85. The minimum absolute atomic E-state index is 0.0708. The molecule has 0 saturated carbocycles. The van der Waals surface area contributed by atoms with Gasteiger partial charge in [0.1, 0.15) is 5.60 Å². The number of carbonyl (C=O) groups is 1. The van der Waals surface area contributed by atoms with Crippen LogP contribution in [0.5, 0.6) is 0 Å².